The largest absolute Gasteiger partial charge is 0.489 e. The molecule has 1 N–H and O–H groups in total. The molecular weight excluding hydrogens is 585 g/mol. The van der Waals surface area contributed by atoms with Gasteiger partial charge in [0.05, 0.1) is 0 Å². The van der Waals surface area contributed by atoms with E-state index in [0.29, 0.717) is 61.8 Å². The maximum absolute atomic E-state index is 14.0. The summed E-state index contributed by atoms with van der Waals surface area (Å²) in [6.07, 6.45) is 1.56. The van der Waals surface area contributed by atoms with E-state index < -0.39 is 11.9 Å². The highest BCUT2D eigenvalue weighted by atomic mass is 35.5. The van der Waals surface area contributed by atoms with Gasteiger partial charge in [-0.15, -0.1) is 0 Å². The van der Waals surface area contributed by atoms with E-state index >= 15 is 0 Å². The molecule has 9 heteroatoms. The standard InChI is InChI=1S/C32H32Cl3NO5/c1-31(2)11-22-29(24(37)13-31)28(30-23(36(22)15-27(39)40)12-32(3,4)14-25(30)38)20-9-18(33)7-8-26(20)41-16-17-5-6-19(34)10-21(17)35/h5-10,28H,11-16H2,1-4H3,(H,39,40). The van der Waals surface area contributed by atoms with E-state index in [9.17, 15) is 19.5 Å². The number of ether oxygens (including phenoxy) is 1. The number of ketones is 2. The van der Waals surface area contributed by atoms with Gasteiger partial charge in [0.2, 0.25) is 0 Å². The number of carboxylic acids is 1. The topological polar surface area (TPSA) is 83.9 Å². The SMILES string of the molecule is CC1(C)CC(=O)C2=C(C1)N(CC(=O)O)C1=C(C(=O)CC(C)(C)C1)C2c1cc(Cl)ccc1OCc1ccc(Cl)cc1Cl. The Bertz CT molecular complexity index is 1480. The zero-order valence-electron chi connectivity index (χ0n) is 23.4. The Kier molecular flexibility index (Phi) is 7.82. The number of rotatable bonds is 6. The lowest BCUT2D eigenvalue weighted by molar-refractivity contribution is -0.138. The molecule has 0 spiro atoms. The van der Waals surface area contributed by atoms with Crippen molar-refractivity contribution < 1.29 is 24.2 Å². The number of benzene rings is 2. The van der Waals surface area contributed by atoms with E-state index in [4.69, 9.17) is 39.5 Å². The van der Waals surface area contributed by atoms with Crippen molar-refractivity contribution in [3.8, 4) is 5.75 Å². The number of Topliss-reactive ketones (excluding diaryl/α,β-unsaturated/α-hetero) is 2. The van der Waals surface area contributed by atoms with Crippen LogP contribution in [0.3, 0.4) is 0 Å². The fraction of sp³-hybridized carbons (Fsp3) is 0.406. The summed E-state index contributed by atoms with van der Waals surface area (Å²) >= 11 is 19.0. The van der Waals surface area contributed by atoms with Crippen molar-refractivity contribution in [2.75, 3.05) is 6.54 Å². The van der Waals surface area contributed by atoms with Crippen LogP contribution < -0.4 is 4.74 Å². The van der Waals surface area contributed by atoms with Gasteiger partial charge in [0.25, 0.3) is 0 Å². The molecule has 41 heavy (non-hydrogen) atoms. The van der Waals surface area contributed by atoms with E-state index in [1.807, 2.05) is 27.7 Å². The molecule has 5 rings (SSSR count). The van der Waals surface area contributed by atoms with Crippen LogP contribution in [-0.4, -0.2) is 34.1 Å². The number of allylic oxidation sites excluding steroid dienone is 4. The highest BCUT2D eigenvalue weighted by Gasteiger charge is 2.49. The van der Waals surface area contributed by atoms with Gasteiger partial charge in [-0.05, 0) is 54.0 Å². The number of halogens is 3. The Morgan fingerprint density at radius 2 is 1.41 bits per heavy atom. The maximum atomic E-state index is 14.0. The van der Waals surface area contributed by atoms with E-state index in [0.717, 1.165) is 5.56 Å². The Labute approximate surface area is 254 Å². The average Bonchev–Trinajstić information content (AvgIpc) is 2.83. The second-order valence-corrected chi connectivity index (χ2v) is 14.0. The van der Waals surface area contributed by atoms with E-state index in [2.05, 4.69) is 0 Å². The molecule has 6 nitrogen and oxygen atoms in total. The number of hydrogen-bond acceptors (Lipinski definition) is 5. The summed E-state index contributed by atoms with van der Waals surface area (Å²) in [6, 6.07) is 10.3. The van der Waals surface area contributed by atoms with Crippen molar-refractivity contribution >= 4 is 52.3 Å². The fourth-order valence-corrected chi connectivity index (χ4v) is 7.00. The van der Waals surface area contributed by atoms with Crippen LogP contribution in [0.15, 0.2) is 58.9 Å². The van der Waals surface area contributed by atoms with Gasteiger partial charge < -0.3 is 14.7 Å². The molecule has 0 aromatic heterocycles. The third-order valence-electron chi connectivity index (χ3n) is 8.00. The number of carbonyl (C=O) groups is 3. The quantitative estimate of drug-likeness (QED) is 0.354. The molecule has 1 aliphatic heterocycles. The molecule has 2 aliphatic carbocycles. The summed E-state index contributed by atoms with van der Waals surface area (Å²) < 4.78 is 6.29. The van der Waals surface area contributed by atoms with Gasteiger partial charge in [0, 0.05) is 67.5 Å². The second kappa shape index (κ2) is 10.8. The van der Waals surface area contributed by atoms with Gasteiger partial charge in [-0.25, -0.2) is 0 Å². The minimum absolute atomic E-state index is 0.104. The van der Waals surface area contributed by atoms with Gasteiger partial charge >= 0.3 is 5.97 Å². The predicted molar refractivity (Wildman–Crippen MR) is 159 cm³/mol. The van der Waals surface area contributed by atoms with Crippen molar-refractivity contribution in [2.24, 2.45) is 10.8 Å². The minimum Gasteiger partial charge on any atom is -0.489 e. The summed E-state index contributed by atoms with van der Waals surface area (Å²) in [5, 5.41) is 11.3. The third kappa shape index (κ3) is 5.93. The zero-order chi connectivity index (χ0) is 29.9. The lowest BCUT2D eigenvalue weighted by Gasteiger charge is -2.48. The Hall–Kier alpha value is -2.80. The molecule has 0 bridgehead atoms. The molecule has 0 saturated carbocycles. The van der Waals surface area contributed by atoms with Crippen LogP contribution in [0.2, 0.25) is 15.1 Å². The normalized spacial score (nSPS) is 20.2. The number of carboxylic acid groups (broad SMARTS) is 1. The smallest absolute Gasteiger partial charge is 0.323 e. The molecule has 0 saturated heterocycles. The Morgan fingerprint density at radius 3 is 1.95 bits per heavy atom. The van der Waals surface area contributed by atoms with Gasteiger partial charge in [0.15, 0.2) is 11.6 Å². The number of nitrogens with zero attached hydrogens (tertiary/aromatic N) is 1. The molecule has 3 aliphatic rings. The van der Waals surface area contributed by atoms with Crippen LogP contribution in [0.4, 0.5) is 0 Å². The highest BCUT2D eigenvalue weighted by molar-refractivity contribution is 6.35. The van der Waals surface area contributed by atoms with E-state index in [1.165, 1.54) is 0 Å². The lowest BCUT2D eigenvalue weighted by atomic mass is 9.63. The maximum Gasteiger partial charge on any atom is 0.323 e. The van der Waals surface area contributed by atoms with Crippen molar-refractivity contribution in [1.29, 1.82) is 0 Å². The van der Waals surface area contributed by atoms with Gasteiger partial charge in [-0.1, -0.05) is 68.6 Å². The minimum atomic E-state index is -1.03. The van der Waals surface area contributed by atoms with Crippen LogP contribution in [0.25, 0.3) is 0 Å². The highest BCUT2D eigenvalue weighted by Crippen LogP contribution is 2.55. The first kappa shape index (κ1) is 29.7. The molecule has 0 atom stereocenters. The average molecular weight is 617 g/mol. The first-order valence-electron chi connectivity index (χ1n) is 13.5. The molecule has 2 aromatic rings. The predicted octanol–water partition coefficient (Wildman–Crippen LogP) is 8.00. The molecule has 216 valence electrons. The first-order valence-corrected chi connectivity index (χ1v) is 14.7. The second-order valence-electron chi connectivity index (χ2n) is 12.7. The van der Waals surface area contributed by atoms with Crippen molar-refractivity contribution in [1.82, 2.24) is 4.90 Å². The molecular formula is C32H32Cl3NO5. The monoisotopic (exact) mass is 615 g/mol. The summed E-state index contributed by atoms with van der Waals surface area (Å²) in [4.78, 5) is 41.7. The lowest BCUT2D eigenvalue weighted by Crippen LogP contribution is -2.45. The molecule has 1 heterocycles. The summed E-state index contributed by atoms with van der Waals surface area (Å²) in [7, 11) is 0. The van der Waals surface area contributed by atoms with Crippen LogP contribution in [0, 0.1) is 10.8 Å². The van der Waals surface area contributed by atoms with Crippen molar-refractivity contribution in [3.05, 3.63) is 85.1 Å². The van der Waals surface area contributed by atoms with Crippen LogP contribution in [0.5, 0.6) is 5.75 Å². The van der Waals surface area contributed by atoms with Gasteiger partial charge in [-0.2, -0.15) is 0 Å². The van der Waals surface area contributed by atoms with E-state index in [1.54, 1.807) is 41.3 Å². The van der Waals surface area contributed by atoms with E-state index in [-0.39, 0.29) is 48.4 Å². The number of carbonyl (C=O) groups excluding carboxylic acids is 2. The van der Waals surface area contributed by atoms with Gasteiger partial charge in [0.1, 0.15) is 18.9 Å². The van der Waals surface area contributed by atoms with Crippen molar-refractivity contribution in [2.45, 2.75) is 65.9 Å². The van der Waals surface area contributed by atoms with Crippen LogP contribution in [0.1, 0.15) is 70.4 Å². The van der Waals surface area contributed by atoms with Gasteiger partial charge in [-0.3, -0.25) is 14.4 Å². The summed E-state index contributed by atoms with van der Waals surface area (Å²) in [5.41, 5.74) is 2.80. The Morgan fingerprint density at radius 1 is 0.878 bits per heavy atom. The zero-order valence-corrected chi connectivity index (χ0v) is 25.7. The van der Waals surface area contributed by atoms with Crippen LogP contribution >= 0.6 is 34.8 Å². The number of aliphatic carboxylic acids is 1. The third-order valence-corrected chi connectivity index (χ3v) is 8.82. The molecule has 0 fully saturated rings. The molecule has 0 unspecified atom stereocenters. The summed E-state index contributed by atoms with van der Waals surface area (Å²) in [5.74, 6) is -1.50. The Balaban J connectivity index is 1.71. The molecule has 0 amide bonds. The number of hydrogen-bond donors (Lipinski definition) is 1. The van der Waals surface area contributed by atoms with Crippen molar-refractivity contribution in [3.63, 3.8) is 0 Å². The fourth-order valence-electron chi connectivity index (χ4n) is 6.36. The molecule has 2 aromatic carbocycles. The van der Waals surface area contributed by atoms with Crippen LogP contribution in [-0.2, 0) is 21.0 Å². The first-order chi connectivity index (χ1) is 19.2. The molecule has 0 radical (unpaired) electrons. The summed E-state index contributed by atoms with van der Waals surface area (Å²) in [6.45, 7) is 7.82.